The monoisotopic (exact) mass is 182 g/mol. The van der Waals surface area contributed by atoms with Crippen LogP contribution in [0.3, 0.4) is 0 Å². The first-order chi connectivity index (χ1) is 6.18. The highest BCUT2D eigenvalue weighted by atomic mass is 16.2. The van der Waals surface area contributed by atoms with E-state index in [4.69, 9.17) is 0 Å². The second-order valence-electron chi connectivity index (χ2n) is 4.58. The Morgan fingerprint density at radius 1 is 1.31 bits per heavy atom. The van der Waals surface area contributed by atoms with Crippen molar-refractivity contribution >= 4 is 5.91 Å². The molecule has 0 aromatic rings. The van der Waals surface area contributed by atoms with Gasteiger partial charge in [-0.3, -0.25) is 4.79 Å². The average Bonchev–Trinajstić information content (AvgIpc) is 2.59. The highest BCUT2D eigenvalue weighted by Gasteiger charge is 2.38. The molecule has 2 aliphatic heterocycles. The second-order valence-corrected chi connectivity index (χ2v) is 4.58. The van der Waals surface area contributed by atoms with E-state index >= 15 is 0 Å². The van der Waals surface area contributed by atoms with Crippen molar-refractivity contribution in [1.82, 2.24) is 10.2 Å². The van der Waals surface area contributed by atoms with Gasteiger partial charge in [0, 0.05) is 32.1 Å². The molecule has 2 rings (SSSR count). The van der Waals surface area contributed by atoms with Gasteiger partial charge in [-0.15, -0.1) is 0 Å². The molecule has 3 nitrogen and oxygen atoms in total. The zero-order chi connectivity index (χ0) is 9.42. The van der Waals surface area contributed by atoms with Crippen molar-refractivity contribution in [3.05, 3.63) is 0 Å². The summed E-state index contributed by atoms with van der Waals surface area (Å²) in [5, 5.41) is 3.38. The van der Waals surface area contributed by atoms with Gasteiger partial charge in [-0.2, -0.15) is 0 Å². The van der Waals surface area contributed by atoms with Gasteiger partial charge in [0.15, 0.2) is 0 Å². The summed E-state index contributed by atoms with van der Waals surface area (Å²) in [7, 11) is 0. The number of hydrogen-bond acceptors (Lipinski definition) is 2. The van der Waals surface area contributed by atoms with E-state index in [0.29, 0.717) is 5.91 Å². The molecule has 2 heterocycles. The number of nitrogens with one attached hydrogen (secondary N) is 1. The average molecular weight is 182 g/mol. The first-order valence-electron chi connectivity index (χ1n) is 5.18. The van der Waals surface area contributed by atoms with Crippen molar-refractivity contribution in [3.8, 4) is 0 Å². The molecule has 2 aliphatic rings. The zero-order valence-electron chi connectivity index (χ0n) is 8.42. The molecule has 0 saturated carbocycles. The van der Waals surface area contributed by atoms with E-state index in [0.717, 1.165) is 38.0 Å². The van der Waals surface area contributed by atoms with Crippen molar-refractivity contribution in [1.29, 1.82) is 0 Å². The summed E-state index contributed by atoms with van der Waals surface area (Å²) in [6.45, 7) is 8.13. The second kappa shape index (κ2) is 3.29. The Labute approximate surface area is 79.5 Å². The molecule has 0 bridgehead atoms. The molecule has 0 aromatic carbocycles. The highest BCUT2D eigenvalue weighted by molar-refractivity contribution is 5.78. The van der Waals surface area contributed by atoms with Crippen molar-refractivity contribution < 1.29 is 4.79 Å². The smallest absolute Gasteiger partial charge is 0.225 e. The SMILES string of the molecule is CC(C)C(=O)N1CC2CNC[C@@H]2C1. The molecule has 0 aromatic heterocycles. The van der Waals surface area contributed by atoms with Gasteiger partial charge in [-0.1, -0.05) is 13.8 Å². The van der Waals surface area contributed by atoms with E-state index in [1.54, 1.807) is 0 Å². The summed E-state index contributed by atoms with van der Waals surface area (Å²) in [4.78, 5) is 13.7. The molecule has 1 unspecified atom stereocenters. The van der Waals surface area contributed by atoms with Gasteiger partial charge < -0.3 is 10.2 Å². The molecular formula is C10H18N2O. The van der Waals surface area contributed by atoms with Gasteiger partial charge in [0.25, 0.3) is 0 Å². The predicted molar refractivity (Wildman–Crippen MR) is 51.3 cm³/mol. The Morgan fingerprint density at radius 3 is 2.31 bits per heavy atom. The van der Waals surface area contributed by atoms with Crippen LogP contribution >= 0.6 is 0 Å². The third-order valence-electron chi connectivity index (χ3n) is 3.20. The van der Waals surface area contributed by atoms with Crippen molar-refractivity contribution in [2.24, 2.45) is 17.8 Å². The van der Waals surface area contributed by atoms with E-state index in [-0.39, 0.29) is 5.92 Å². The van der Waals surface area contributed by atoms with Crippen LogP contribution in [0.5, 0.6) is 0 Å². The van der Waals surface area contributed by atoms with Gasteiger partial charge in [-0.05, 0) is 11.8 Å². The van der Waals surface area contributed by atoms with Gasteiger partial charge in [0.1, 0.15) is 0 Å². The normalized spacial score (nSPS) is 32.7. The zero-order valence-corrected chi connectivity index (χ0v) is 8.42. The third-order valence-corrected chi connectivity index (χ3v) is 3.20. The molecule has 2 saturated heterocycles. The minimum Gasteiger partial charge on any atom is -0.342 e. The van der Waals surface area contributed by atoms with Gasteiger partial charge in [-0.25, -0.2) is 0 Å². The quantitative estimate of drug-likeness (QED) is 0.633. The van der Waals surface area contributed by atoms with Crippen LogP contribution in [0.2, 0.25) is 0 Å². The molecule has 13 heavy (non-hydrogen) atoms. The summed E-state index contributed by atoms with van der Waals surface area (Å²) in [6.07, 6.45) is 0. The Hall–Kier alpha value is -0.570. The Morgan fingerprint density at radius 2 is 1.85 bits per heavy atom. The van der Waals surface area contributed by atoms with Crippen LogP contribution in [-0.2, 0) is 4.79 Å². The summed E-state index contributed by atoms with van der Waals surface area (Å²) in [5.74, 6) is 1.94. The number of amides is 1. The molecule has 0 spiro atoms. The lowest BCUT2D eigenvalue weighted by molar-refractivity contribution is -0.133. The maximum Gasteiger partial charge on any atom is 0.225 e. The van der Waals surface area contributed by atoms with Gasteiger partial charge >= 0.3 is 0 Å². The number of likely N-dealkylation sites (tertiary alicyclic amines) is 1. The molecule has 1 amide bonds. The van der Waals surface area contributed by atoms with E-state index in [2.05, 4.69) is 5.32 Å². The summed E-state index contributed by atoms with van der Waals surface area (Å²) < 4.78 is 0. The van der Waals surface area contributed by atoms with Gasteiger partial charge in [0.2, 0.25) is 5.91 Å². The molecule has 1 N–H and O–H groups in total. The van der Waals surface area contributed by atoms with Crippen LogP contribution in [0.4, 0.5) is 0 Å². The lowest BCUT2D eigenvalue weighted by atomic mass is 10.0. The topological polar surface area (TPSA) is 32.3 Å². The number of rotatable bonds is 1. The standard InChI is InChI=1S/C10H18N2O/c1-7(2)10(13)12-5-8-3-11-4-9(8)6-12/h7-9,11H,3-6H2,1-2H3/t8-,9?/m1/s1. The van der Waals surface area contributed by atoms with E-state index < -0.39 is 0 Å². The van der Waals surface area contributed by atoms with Crippen LogP contribution in [0, 0.1) is 17.8 Å². The van der Waals surface area contributed by atoms with E-state index in [1.165, 1.54) is 0 Å². The summed E-state index contributed by atoms with van der Waals surface area (Å²) in [6, 6.07) is 0. The molecule has 74 valence electrons. The number of nitrogens with zero attached hydrogens (tertiary/aromatic N) is 1. The molecule has 2 atom stereocenters. The molecule has 0 aliphatic carbocycles. The fourth-order valence-corrected chi connectivity index (χ4v) is 2.40. The maximum absolute atomic E-state index is 11.7. The van der Waals surface area contributed by atoms with E-state index in [9.17, 15) is 4.79 Å². The fraction of sp³-hybridized carbons (Fsp3) is 0.900. The minimum absolute atomic E-state index is 0.159. The number of carbonyl (C=O) groups is 1. The minimum atomic E-state index is 0.159. The Kier molecular flexibility index (Phi) is 2.28. The van der Waals surface area contributed by atoms with Crippen molar-refractivity contribution in [2.45, 2.75) is 13.8 Å². The van der Waals surface area contributed by atoms with Crippen LogP contribution in [0.25, 0.3) is 0 Å². The maximum atomic E-state index is 11.7. The highest BCUT2D eigenvalue weighted by Crippen LogP contribution is 2.27. The molecule has 0 radical (unpaired) electrons. The summed E-state index contributed by atoms with van der Waals surface area (Å²) in [5.41, 5.74) is 0. The molecule has 2 fully saturated rings. The predicted octanol–water partition coefficient (Wildman–Crippen LogP) is 0.320. The largest absolute Gasteiger partial charge is 0.342 e. The first kappa shape index (κ1) is 9.00. The van der Waals surface area contributed by atoms with Crippen LogP contribution in [-0.4, -0.2) is 37.0 Å². The van der Waals surface area contributed by atoms with Gasteiger partial charge in [0.05, 0.1) is 0 Å². The van der Waals surface area contributed by atoms with Crippen molar-refractivity contribution in [2.75, 3.05) is 26.2 Å². The van der Waals surface area contributed by atoms with Crippen LogP contribution in [0.1, 0.15) is 13.8 Å². The van der Waals surface area contributed by atoms with Crippen LogP contribution < -0.4 is 5.32 Å². The lowest BCUT2D eigenvalue weighted by Gasteiger charge is -2.19. The van der Waals surface area contributed by atoms with Crippen LogP contribution in [0.15, 0.2) is 0 Å². The lowest BCUT2D eigenvalue weighted by Crippen LogP contribution is -2.34. The van der Waals surface area contributed by atoms with Crippen molar-refractivity contribution in [3.63, 3.8) is 0 Å². The number of hydrogen-bond donors (Lipinski definition) is 1. The molecular weight excluding hydrogens is 164 g/mol. The summed E-state index contributed by atoms with van der Waals surface area (Å²) >= 11 is 0. The fourth-order valence-electron chi connectivity index (χ4n) is 2.40. The van der Waals surface area contributed by atoms with E-state index in [1.807, 2.05) is 18.7 Å². The first-order valence-corrected chi connectivity index (χ1v) is 5.18. The third kappa shape index (κ3) is 1.57. The number of fused-ring (bicyclic) bond motifs is 1. The molecule has 3 heteroatoms. The number of carbonyl (C=O) groups excluding carboxylic acids is 1. The Bertz CT molecular complexity index is 203. The Balaban J connectivity index is 1.95.